The number of aryl methyl sites for hydroxylation is 1. The number of hydrogen-bond donors (Lipinski definition) is 2. The third-order valence-electron chi connectivity index (χ3n) is 5.74. The lowest BCUT2D eigenvalue weighted by Crippen LogP contribution is -2.34. The first-order valence-electron chi connectivity index (χ1n) is 11.3. The van der Waals surface area contributed by atoms with Crippen molar-refractivity contribution in [2.24, 2.45) is 0 Å². The Kier molecular flexibility index (Phi) is 5.85. The van der Waals surface area contributed by atoms with Crippen molar-refractivity contribution < 1.29 is 4.79 Å². The molecule has 0 bridgehead atoms. The number of fused-ring (bicyclic) bond motifs is 1. The molecule has 0 spiro atoms. The minimum atomic E-state index is -0.395. The van der Waals surface area contributed by atoms with Crippen molar-refractivity contribution in [3.63, 3.8) is 0 Å². The van der Waals surface area contributed by atoms with E-state index in [1.807, 2.05) is 74.5 Å². The number of carbonyl (C=O) groups excluding carboxylic acids is 1. The molecular formula is C27H24N6O2. The monoisotopic (exact) mass is 464 g/mol. The van der Waals surface area contributed by atoms with E-state index in [-0.39, 0.29) is 11.5 Å². The number of benzene rings is 3. The standard InChI is InChI=1S/C27H24N6O2/c1-3-32-26(35)21-14-7-8-15-23(21)28-27(32)30-29-25(34)22-17-33(20-12-5-4-6-13-20)31-24(22)19-11-9-10-18(2)16-19/h4-17H,3H2,1-2H3,(H,28,30)(H,29,34). The summed E-state index contributed by atoms with van der Waals surface area (Å²) in [5.74, 6) is -0.133. The van der Waals surface area contributed by atoms with Crippen LogP contribution in [-0.2, 0) is 6.54 Å². The van der Waals surface area contributed by atoms with E-state index < -0.39 is 5.91 Å². The zero-order valence-electron chi connectivity index (χ0n) is 19.4. The molecule has 1 amide bonds. The van der Waals surface area contributed by atoms with Crippen LogP contribution in [0.1, 0.15) is 22.8 Å². The number of hydrogen-bond acceptors (Lipinski definition) is 5. The molecule has 3 aromatic carbocycles. The summed E-state index contributed by atoms with van der Waals surface area (Å²) in [6.45, 7) is 4.24. The number of aromatic nitrogens is 4. The molecular weight excluding hydrogens is 440 g/mol. The highest BCUT2D eigenvalue weighted by Gasteiger charge is 2.20. The van der Waals surface area contributed by atoms with Crippen LogP contribution in [0.3, 0.4) is 0 Å². The molecule has 0 saturated heterocycles. The van der Waals surface area contributed by atoms with Gasteiger partial charge in [-0.05, 0) is 44.2 Å². The topological polar surface area (TPSA) is 93.8 Å². The van der Waals surface area contributed by atoms with Crippen molar-refractivity contribution in [1.82, 2.24) is 24.8 Å². The number of carbonyl (C=O) groups is 1. The molecule has 8 nitrogen and oxygen atoms in total. The van der Waals surface area contributed by atoms with Gasteiger partial charge in [0, 0.05) is 18.3 Å². The van der Waals surface area contributed by atoms with Gasteiger partial charge in [-0.15, -0.1) is 0 Å². The molecule has 0 fully saturated rings. The molecule has 0 atom stereocenters. The van der Waals surface area contributed by atoms with Gasteiger partial charge < -0.3 is 0 Å². The van der Waals surface area contributed by atoms with Gasteiger partial charge in [-0.2, -0.15) is 5.10 Å². The summed E-state index contributed by atoms with van der Waals surface area (Å²) in [4.78, 5) is 30.8. The summed E-state index contributed by atoms with van der Waals surface area (Å²) < 4.78 is 3.17. The van der Waals surface area contributed by atoms with Crippen LogP contribution in [0.15, 0.2) is 89.9 Å². The zero-order valence-corrected chi connectivity index (χ0v) is 19.4. The van der Waals surface area contributed by atoms with Crippen LogP contribution in [0.25, 0.3) is 27.8 Å². The maximum absolute atomic E-state index is 13.3. The molecule has 35 heavy (non-hydrogen) atoms. The Bertz CT molecular complexity index is 1590. The van der Waals surface area contributed by atoms with E-state index in [0.717, 1.165) is 16.8 Å². The third kappa shape index (κ3) is 4.29. The SMILES string of the molecule is CCn1c(NNC(=O)c2cn(-c3ccccc3)nc2-c2cccc(C)c2)nc2ccccc2c1=O. The Balaban J connectivity index is 1.51. The Hall–Kier alpha value is -4.72. The summed E-state index contributed by atoms with van der Waals surface area (Å²) in [6.07, 6.45) is 1.70. The fourth-order valence-corrected chi connectivity index (χ4v) is 4.00. The summed E-state index contributed by atoms with van der Waals surface area (Å²) in [5, 5.41) is 5.24. The number of amides is 1. The lowest BCUT2D eigenvalue weighted by molar-refractivity contribution is 0.0962. The lowest BCUT2D eigenvalue weighted by atomic mass is 10.1. The fourth-order valence-electron chi connectivity index (χ4n) is 4.00. The summed E-state index contributed by atoms with van der Waals surface area (Å²) in [6, 6.07) is 24.6. The van der Waals surface area contributed by atoms with Gasteiger partial charge in [-0.3, -0.25) is 25.0 Å². The maximum atomic E-state index is 13.3. The van der Waals surface area contributed by atoms with Gasteiger partial charge >= 0.3 is 0 Å². The van der Waals surface area contributed by atoms with Crippen LogP contribution < -0.4 is 16.4 Å². The summed E-state index contributed by atoms with van der Waals surface area (Å²) >= 11 is 0. The highest BCUT2D eigenvalue weighted by Crippen LogP contribution is 2.25. The Morgan fingerprint density at radius 2 is 1.74 bits per heavy atom. The molecule has 0 aliphatic carbocycles. The van der Waals surface area contributed by atoms with E-state index in [4.69, 9.17) is 5.10 Å². The molecule has 0 saturated carbocycles. The molecule has 2 aromatic heterocycles. The van der Waals surface area contributed by atoms with Crippen molar-refractivity contribution in [3.05, 3.63) is 107 Å². The van der Waals surface area contributed by atoms with Crippen LogP contribution >= 0.6 is 0 Å². The summed E-state index contributed by atoms with van der Waals surface area (Å²) in [7, 11) is 0. The number of hydrazine groups is 1. The average Bonchev–Trinajstić information content (AvgIpc) is 3.34. The molecule has 8 heteroatoms. The lowest BCUT2D eigenvalue weighted by Gasteiger charge is -2.14. The van der Waals surface area contributed by atoms with Crippen molar-refractivity contribution in [3.8, 4) is 16.9 Å². The minimum absolute atomic E-state index is 0.174. The summed E-state index contributed by atoms with van der Waals surface area (Å²) in [5.41, 5.74) is 9.61. The number of rotatable bonds is 6. The van der Waals surface area contributed by atoms with Crippen molar-refractivity contribution in [2.75, 3.05) is 5.43 Å². The van der Waals surface area contributed by atoms with Gasteiger partial charge in [-0.25, -0.2) is 9.67 Å². The van der Waals surface area contributed by atoms with Crippen molar-refractivity contribution in [1.29, 1.82) is 0 Å². The van der Waals surface area contributed by atoms with Crippen LogP contribution in [0, 0.1) is 6.92 Å². The van der Waals surface area contributed by atoms with Crippen LogP contribution in [0.4, 0.5) is 5.95 Å². The van der Waals surface area contributed by atoms with E-state index in [0.29, 0.717) is 28.7 Å². The molecule has 5 aromatic rings. The predicted octanol–water partition coefficient (Wildman–Crippen LogP) is 4.33. The quantitative estimate of drug-likeness (QED) is 0.365. The highest BCUT2D eigenvalue weighted by molar-refractivity contribution is 6.00. The van der Waals surface area contributed by atoms with Crippen LogP contribution in [0.5, 0.6) is 0 Å². The van der Waals surface area contributed by atoms with E-state index in [1.165, 1.54) is 4.57 Å². The normalized spacial score (nSPS) is 10.9. The first-order chi connectivity index (χ1) is 17.0. The second-order valence-corrected chi connectivity index (χ2v) is 8.12. The Labute approximate surface area is 201 Å². The zero-order chi connectivity index (χ0) is 24.4. The minimum Gasteiger partial charge on any atom is -0.277 e. The molecule has 0 radical (unpaired) electrons. The maximum Gasteiger partial charge on any atom is 0.273 e. The van der Waals surface area contributed by atoms with E-state index in [1.54, 1.807) is 29.1 Å². The smallest absolute Gasteiger partial charge is 0.273 e. The van der Waals surface area contributed by atoms with E-state index in [9.17, 15) is 9.59 Å². The first-order valence-corrected chi connectivity index (χ1v) is 11.3. The average molecular weight is 465 g/mol. The Morgan fingerprint density at radius 3 is 2.51 bits per heavy atom. The van der Waals surface area contributed by atoms with Gasteiger partial charge in [0.1, 0.15) is 5.69 Å². The Morgan fingerprint density at radius 1 is 0.971 bits per heavy atom. The predicted molar refractivity (Wildman–Crippen MR) is 137 cm³/mol. The molecule has 0 aliphatic heterocycles. The molecule has 0 unspecified atom stereocenters. The van der Waals surface area contributed by atoms with Gasteiger partial charge in [0.05, 0.1) is 22.2 Å². The van der Waals surface area contributed by atoms with Crippen LogP contribution in [-0.4, -0.2) is 25.2 Å². The second kappa shape index (κ2) is 9.26. The first kappa shape index (κ1) is 22.1. The van der Waals surface area contributed by atoms with Gasteiger partial charge in [0.15, 0.2) is 0 Å². The molecule has 174 valence electrons. The van der Waals surface area contributed by atoms with E-state index >= 15 is 0 Å². The van der Waals surface area contributed by atoms with Crippen molar-refractivity contribution >= 4 is 22.8 Å². The molecule has 5 rings (SSSR count). The molecule has 2 heterocycles. The van der Waals surface area contributed by atoms with Gasteiger partial charge in [-0.1, -0.05) is 54.1 Å². The molecule has 2 N–H and O–H groups in total. The largest absolute Gasteiger partial charge is 0.277 e. The van der Waals surface area contributed by atoms with Gasteiger partial charge in [0.2, 0.25) is 5.95 Å². The second-order valence-electron chi connectivity index (χ2n) is 8.12. The van der Waals surface area contributed by atoms with Crippen molar-refractivity contribution in [2.45, 2.75) is 20.4 Å². The van der Waals surface area contributed by atoms with Crippen LogP contribution in [0.2, 0.25) is 0 Å². The highest BCUT2D eigenvalue weighted by atomic mass is 16.2. The van der Waals surface area contributed by atoms with E-state index in [2.05, 4.69) is 15.8 Å². The fraction of sp³-hybridized carbons (Fsp3) is 0.111. The number of para-hydroxylation sites is 2. The number of nitrogens with zero attached hydrogens (tertiary/aromatic N) is 4. The number of nitrogens with one attached hydrogen (secondary N) is 2. The van der Waals surface area contributed by atoms with Gasteiger partial charge in [0.25, 0.3) is 11.5 Å². The molecule has 0 aliphatic rings. The number of anilines is 1. The third-order valence-corrected chi connectivity index (χ3v) is 5.74.